The van der Waals surface area contributed by atoms with E-state index in [0.717, 1.165) is 11.3 Å². The number of nitrogens with one attached hydrogen (secondary N) is 2. The Morgan fingerprint density at radius 1 is 0.955 bits per heavy atom. The number of alkyl halides is 3. The quantitative estimate of drug-likeness (QED) is 0.314. The van der Waals surface area contributed by atoms with E-state index >= 15 is 0 Å². The zero-order valence-corrected chi connectivity index (χ0v) is 25.1. The summed E-state index contributed by atoms with van der Waals surface area (Å²) in [6.07, 6.45) is -5.21. The number of rotatable bonds is 6. The summed E-state index contributed by atoms with van der Waals surface area (Å²) >= 11 is 1.13. The number of thiazole rings is 1. The fourth-order valence-electron chi connectivity index (χ4n) is 4.54. The number of halogens is 3. The molecule has 0 aliphatic carbocycles. The lowest BCUT2D eigenvalue weighted by Gasteiger charge is -2.35. The van der Waals surface area contributed by atoms with Crippen LogP contribution in [0.15, 0.2) is 36.4 Å². The van der Waals surface area contributed by atoms with Gasteiger partial charge in [0.25, 0.3) is 5.91 Å². The van der Waals surface area contributed by atoms with Crippen molar-refractivity contribution in [1.29, 1.82) is 0 Å². The summed E-state index contributed by atoms with van der Waals surface area (Å²) in [5.41, 5.74) is 1.41. The Balaban J connectivity index is 1.18. The maximum absolute atomic E-state index is 12.9. The van der Waals surface area contributed by atoms with Gasteiger partial charge in [-0.2, -0.15) is 0 Å². The summed E-state index contributed by atoms with van der Waals surface area (Å²) in [6.45, 7) is 6.52. The van der Waals surface area contributed by atoms with Gasteiger partial charge in [-0.3, -0.25) is 9.59 Å². The third kappa shape index (κ3) is 7.30. The number of aromatic nitrogens is 3. The van der Waals surface area contributed by atoms with Crippen LogP contribution in [-0.4, -0.2) is 86.9 Å². The van der Waals surface area contributed by atoms with Crippen LogP contribution in [0, 0.1) is 0 Å². The number of imidazole rings is 1. The topological polar surface area (TPSA) is 131 Å². The molecule has 0 saturated carbocycles. The van der Waals surface area contributed by atoms with E-state index < -0.39 is 24.0 Å². The normalized spacial score (nSPS) is 14.2. The van der Waals surface area contributed by atoms with Gasteiger partial charge in [-0.05, 0) is 51.1 Å². The summed E-state index contributed by atoms with van der Waals surface area (Å²) in [4.78, 5) is 49.9. The van der Waals surface area contributed by atoms with E-state index in [2.05, 4.69) is 25.3 Å². The van der Waals surface area contributed by atoms with Crippen molar-refractivity contribution < 1.29 is 37.0 Å². The van der Waals surface area contributed by atoms with Crippen molar-refractivity contribution in [3.8, 4) is 5.75 Å². The van der Waals surface area contributed by atoms with E-state index in [1.165, 1.54) is 18.2 Å². The third-order valence-corrected chi connectivity index (χ3v) is 7.57. The van der Waals surface area contributed by atoms with Crippen LogP contribution in [0.5, 0.6) is 5.75 Å². The molecule has 16 heteroatoms. The molecule has 0 spiro atoms. The van der Waals surface area contributed by atoms with Gasteiger partial charge in [0, 0.05) is 44.9 Å². The third-order valence-electron chi connectivity index (χ3n) is 6.64. The van der Waals surface area contributed by atoms with Crippen LogP contribution in [0.1, 0.15) is 31.1 Å². The Morgan fingerprint density at radius 2 is 1.66 bits per heavy atom. The molecule has 1 fully saturated rings. The Bertz CT molecular complexity index is 1720. The van der Waals surface area contributed by atoms with Crippen LogP contribution in [-0.2, 0) is 16.6 Å². The smallest absolute Gasteiger partial charge is 0.444 e. The highest BCUT2D eigenvalue weighted by atomic mass is 32.1. The van der Waals surface area contributed by atoms with Crippen LogP contribution in [0.3, 0.4) is 0 Å². The second-order valence-corrected chi connectivity index (χ2v) is 12.1. The number of ether oxygens (including phenoxy) is 2. The molecular weight excluding hydrogens is 603 g/mol. The predicted molar refractivity (Wildman–Crippen MR) is 157 cm³/mol. The Labute approximate surface area is 253 Å². The number of nitrogens with zero attached hydrogens (tertiary/aromatic N) is 5. The van der Waals surface area contributed by atoms with Gasteiger partial charge in [0.1, 0.15) is 11.4 Å². The Morgan fingerprint density at radius 3 is 2.34 bits per heavy atom. The molecule has 2 aromatic heterocycles. The van der Waals surface area contributed by atoms with Crippen LogP contribution in [0.4, 0.5) is 29.0 Å². The fraction of sp³-hybridized carbons (Fsp3) is 0.393. The minimum Gasteiger partial charge on any atom is -0.444 e. The predicted octanol–water partition coefficient (Wildman–Crippen LogP) is 4.63. The number of benzene rings is 2. The molecule has 5 rings (SSSR count). The molecule has 3 heterocycles. The molecule has 1 aliphatic heterocycles. The lowest BCUT2D eigenvalue weighted by atomic mass is 10.2. The molecule has 0 atom stereocenters. The minimum absolute atomic E-state index is 0.203. The van der Waals surface area contributed by atoms with Gasteiger partial charge in [0.15, 0.2) is 5.13 Å². The highest BCUT2D eigenvalue weighted by Crippen LogP contribution is 2.33. The van der Waals surface area contributed by atoms with Crippen molar-refractivity contribution in [3.63, 3.8) is 0 Å². The average molecular weight is 634 g/mol. The highest BCUT2D eigenvalue weighted by Gasteiger charge is 2.31. The summed E-state index contributed by atoms with van der Waals surface area (Å²) in [7, 11) is 1.77. The number of aryl methyl sites for hydroxylation is 1. The molecule has 44 heavy (non-hydrogen) atoms. The minimum atomic E-state index is -4.79. The first-order valence-corrected chi connectivity index (χ1v) is 14.4. The molecule has 0 radical (unpaired) electrons. The molecule has 12 nitrogen and oxygen atoms in total. The van der Waals surface area contributed by atoms with Crippen LogP contribution in [0.2, 0.25) is 0 Å². The van der Waals surface area contributed by atoms with Crippen molar-refractivity contribution in [1.82, 2.24) is 29.7 Å². The number of hydrogen-bond acceptors (Lipinski definition) is 9. The van der Waals surface area contributed by atoms with E-state index in [4.69, 9.17) is 4.74 Å². The zero-order valence-electron chi connectivity index (χ0n) is 24.3. The number of hydrogen-bond donors (Lipinski definition) is 2. The molecular formula is C28H30F3N7O5S. The highest BCUT2D eigenvalue weighted by molar-refractivity contribution is 7.22. The molecule has 234 valence electrons. The molecule has 0 unspecified atom stereocenters. The Kier molecular flexibility index (Phi) is 8.29. The van der Waals surface area contributed by atoms with Crippen molar-refractivity contribution in [2.24, 2.45) is 7.05 Å². The van der Waals surface area contributed by atoms with E-state index in [-0.39, 0.29) is 18.2 Å². The van der Waals surface area contributed by atoms with Crippen LogP contribution in [0.25, 0.3) is 21.3 Å². The van der Waals surface area contributed by atoms with Gasteiger partial charge in [0.05, 0.1) is 27.8 Å². The number of piperazine rings is 1. The molecule has 1 saturated heterocycles. The van der Waals surface area contributed by atoms with Gasteiger partial charge >= 0.3 is 12.5 Å². The van der Waals surface area contributed by atoms with E-state index in [1.807, 2.05) is 0 Å². The SMILES string of the molecule is Cn1c(Nc2nc3ccc(OC(F)(F)F)cc3s2)nc2cc(C(=O)NCC(=O)N3CCN(C(=O)OC(C)(C)C)CC3)ccc21. The van der Waals surface area contributed by atoms with Crippen molar-refractivity contribution in [2.45, 2.75) is 32.7 Å². The van der Waals surface area contributed by atoms with Crippen molar-refractivity contribution in [2.75, 3.05) is 38.0 Å². The molecule has 2 N–H and O–H groups in total. The molecule has 1 aliphatic rings. The first-order chi connectivity index (χ1) is 20.6. The van der Waals surface area contributed by atoms with Gasteiger partial charge in [-0.25, -0.2) is 14.8 Å². The number of carbonyl (C=O) groups excluding carboxylic acids is 3. The summed E-state index contributed by atoms with van der Waals surface area (Å²) < 4.78 is 49.3. The van der Waals surface area contributed by atoms with Gasteiger partial charge in [0.2, 0.25) is 11.9 Å². The monoisotopic (exact) mass is 633 g/mol. The van der Waals surface area contributed by atoms with Crippen LogP contribution >= 0.6 is 11.3 Å². The number of anilines is 2. The van der Waals surface area contributed by atoms with Crippen molar-refractivity contribution >= 4 is 61.6 Å². The van der Waals surface area contributed by atoms with Gasteiger partial charge < -0.3 is 34.5 Å². The van der Waals surface area contributed by atoms with E-state index in [9.17, 15) is 27.6 Å². The largest absolute Gasteiger partial charge is 0.573 e. The molecule has 0 bridgehead atoms. The standard InChI is InChI=1S/C28H30F3N7O5S/c1-27(2,3)43-26(41)38-11-9-37(10-12-38)22(39)15-32-23(40)16-5-8-20-19(13-16)33-24(36(20)4)35-25-34-18-7-6-17(14-21(18)44-25)42-28(29,30)31/h5-8,13-14H,9-12,15H2,1-4H3,(H,32,40)(H,33,34,35). The first kappa shape index (κ1) is 30.8. The maximum Gasteiger partial charge on any atom is 0.573 e. The lowest BCUT2D eigenvalue weighted by Crippen LogP contribution is -2.53. The lowest BCUT2D eigenvalue weighted by molar-refractivity contribution is -0.274. The maximum atomic E-state index is 12.9. The van der Waals surface area contributed by atoms with Gasteiger partial charge in [-0.1, -0.05) is 11.3 Å². The summed E-state index contributed by atoms with van der Waals surface area (Å²) in [5.74, 6) is -0.642. The van der Waals surface area contributed by atoms with Gasteiger partial charge in [-0.15, -0.1) is 13.2 Å². The Hall–Kier alpha value is -4.60. The van der Waals surface area contributed by atoms with Crippen molar-refractivity contribution in [3.05, 3.63) is 42.0 Å². The van der Waals surface area contributed by atoms with Crippen LogP contribution < -0.4 is 15.4 Å². The number of carbonyl (C=O) groups is 3. The fourth-order valence-corrected chi connectivity index (χ4v) is 5.43. The molecule has 3 amide bonds. The summed E-state index contributed by atoms with van der Waals surface area (Å²) in [5, 5.41) is 6.13. The molecule has 4 aromatic rings. The zero-order chi connectivity index (χ0) is 31.8. The molecule has 2 aromatic carbocycles. The second kappa shape index (κ2) is 11.8. The second-order valence-electron chi connectivity index (χ2n) is 11.1. The van der Waals surface area contributed by atoms with E-state index in [1.54, 1.807) is 60.4 Å². The van der Waals surface area contributed by atoms with E-state index in [0.29, 0.717) is 64.1 Å². The number of amides is 3. The first-order valence-electron chi connectivity index (χ1n) is 13.6. The number of fused-ring (bicyclic) bond motifs is 2. The summed E-state index contributed by atoms with van der Waals surface area (Å²) in [6, 6.07) is 8.83. The average Bonchev–Trinajstić information content (AvgIpc) is 3.48.